The van der Waals surface area contributed by atoms with Crippen LogP contribution in [0.4, 0.5) is 0 Å². The first kappa shape index (κ1) is 12.1. The van der Waals surface area contributed by atoms with Gasteiger partial charge in [0.2, 0.25) is 5.78 Å². The highest BCUT2D eigenvalue weighted by Gasteiger charge is 2.47. The van der Waals surface area contributed by atoms with Crippen molar-refractivity contribution in [1.82, 2.24) is 0 Å². The number of allylic oxidation sites excluding steroid dienone is 3. The fourth-order valence-corrected chi connectivity index (χ4v) is 5.67. The van der Waals surface area contributed by atoms with Crippen LogP contribution in [-0.2, 0) is 4.75 Å². The maximum absolute atomic E-state index is 12.3. The SMILES string of the molecule is CC1=CC2=C(O)C(=O)c3c(C)sc(C)c3C2(C)S1. The summed E-state index contributed by atoms with van der Waals surface area (Å²) in [7, 11) is 0. The second-order valence-corrected chi connectivity index (χ2v) is 8.04. The molecular weight excluding hydrogens is 264 g/mol. The molecule has 1 unspecified atom stereocenters. The first-order valence-corrected chi connectivity index (χ1v) is 7.45. The molecule has 0 fully saturated rings. The number of carbonyl (C=O) groups excluding carboxylic acids is 1. The first-order valence-electron chi connectivity index (χ1n) is 5.82. The lowest BCUT2D eigenvalue weighted by Crippen LogP contribution is -2.28. The molecule has 0 bridgehead atoms. The monoisotopic (exact) mass is 278 g/mol. The van der Waals surface area contributed by atoms with Gasteiger partial charge in [-0.05, 0) is 44.2 Å². The van der Waals surface area contributed by atoms with E-state index in [1.807, 2.05) is 19.9 Å². The Bertz CT molecular complexity index is 649. The van der Waals surface area contributed by atoms with Gasteiger partial charge in [-0.15, -0.1) is 23.1 Å². The molecule has 2 heterocycles. The first-order chi connectivity index (χ1) is 8.36. The quantitative estimate of drug-likeness (QED) is 0.771. The van der Waals surface area contributed by atoms with Crippen molar-refractivity contribution in [2.75, 3.05) is 0 Å². The van der Waals surface area contributed by atoms with E-state index in [1.54, 1.807) is 23.1 Å². The van der Waals surface area contributed by atoms with E-state index in [9.17, 15) is 9.90 Å². The maximum atomic E-state index is 12.3. The van der Waals surface area contributed by atoms with Gasteiger partial charge in [-0.2, -0.15) is 0 Å². The number of thioether (sulfide) groups is 1. The number of fused-ring (bicyclic) bond motifs is 3. The van der Waals surface area contributed by atoms with Gasteiger partial charge in [-0.3, -0.25) is 4.79 Å². The highest BCUT2D eigenvalue weighted by atomic mass is 32.2. The topological polar surface area (TPSA) is 37.3 Å². The van der Waals surface area contributed by atoms with E-state index in [1.165, 1.54) is 4.88 Å². The standard InChI is InChI=1S/C14H14O2S2/c1-6-5-9-12(15)13(16)10-7(2)17-8(3)11(10)14(9,4)18-6/h5,15H,1-4H3. The molecule has 1 atom stereocenters. The van der Waals surface area contributed by atoms with Crippen molar-refractivity contribution in [3.05, 3.63) is 43.2 Å². The lowest BCUT2D eigenvalue weighted by atomic mass is 9.81. The number of thiophene rings is 1. The van der Waals surface area contributed by atoms with E-state index in [2.05, 4.69) is 13.8 Å². The van der Waals surface area contributed by atoms with Crippen molar-refractivity contribution >= 4 is 28.9 Å². The van der Waals surface area contributed by atoms with Crippen LogP contribution < -0.4 is 0 Å². The third-order valence-electron chi connectivity index (χ3n) is 3.66. The molecule has 0 amide bonds. The average molecular weight is 278 g/mol. The molecule has 3 rings (SSSR count). The van der Waals surface area contributed by atoms with Crippen LogP contribution in [0.2, 0.25) is 0 Å². The Labute approximate surface area is 114 Å². The fraction of sp³-hybridized carbons (Fsp3) is 0.357. The number of hydrogen-bond donors (Lipinski definition) is 1. The molecule has 1 aliphatic heterocycles. The number of rotatable bonds is 0. The summed E-state index contributed by atoms with van der Waals surface area (Å²) in [6, 6.07) is 0. The predicted octanol–water partition coefficient (Wildman–Crippen LogP) is 4.24. The minimum atomic E-state index is -0.299. The van der Waals surface area contributed by atoms with Crippen molar-refractivity contribution in [2.45, 2.75) is 32.4 Å². The van der Waals surface area contributed by atoms with Gasteiger partial charge in [0.05, 0.1) is 4.75 Å². The van der Waals surface area contributed by atoms with Crippen LogP contribution in [0.1, 0.15) is 39.5 Å². The summed E-state index contributed by atoms with van der Waals surface area (Å²) in [6.45, 7) is 8.13. The molecule has 1 aliphatic carbocycles. The normalized spacial score (nSPS) is 26.2. The van der Waals surface area contributed by atoms with Crippen molar-refractivity contribution in [1.29, 1.82) is 0 Å². The molecule has 1 N–H and O–H groups in total. The van der Waals surface area contributed by atoms with Gasteiger partial charge in [0.15, 0.2) is 5.76 Å². The Kier molecular flexibility index (Phi) is 2.35. The van der Waals surface area contributed by atoms with Gasteiger partial charge in [0, 0.05) is 20.9 Å². The minimum Gasteiger partial charge on any atom is -0.504 e. The Balaban J connectivity index is 2.39. The summed E-state index contributed by atoms with van der Waals surface area (Å²) in [5, 5.41) is 10.2. The van der Waals surface area contributed by atoms with Crippen molar-refractivity contribution in [3.63, 3.8) is 0 Å². The van der Waals surface area contributed by atoms with Crippen LogP contribution in [0.3, 0.4) is 0 Å². The zero-order valence-electron chi connectivity index (χ0n) is 10.7. The second-order valence-electron chi connectivity index (χ2n) is 4.95. The number of carbonyl (C=O) groups is 1. The summed E-state index contributed by atoms with van der Waals surface area (Å²) in [6.07, 6.45) is 1.94. The van der Waals surface area contributed by atoms with Gasteiger partial charge in [-0.1, -0.05) is 0 Å². The highest BCUT2D eigenvalue weighted by Crippen LogP contribution is 2.58. The largest absolute Gasteiger partial charge is 0.504 e. The smallest absolute Gasteiger partial charge is 0.229 e. The van der Waals surface area contributed by atoms with E-state index < -0.39 is 0 Å². The summed E-state index contributed by atoms with van der Waals surface area (Å²) < 4.78 is -0.299. The van der Waals surface area contributed by atoms with Crippen LogP contribution in [-0.4, -0.2) is 10.9 Å². The summed E-state index contributed by atoms with van der Waals surface area (Å²) in [5.74, 6) is -0.291. The maximum Gasteiger partial charge on any atom is 0.229 e. The third-order valence-corrected chi connectivity index (χ3v) is 5.95. The summed E-state index contributed by atoms with van der Waals surface area (Å²) in [4.78, 5) is 15.6. The molecule has 2 nitrogen and oxygen atoms in total. The Morgan fingerprint density at radius 3 is 2.56 bits per heavy atom. The summed E-state index contributed by atoms with van der Waals surface area (Å²) in [5.41, 5.74) is 2.58. The fourth-order valence-electron chi connectivity index (χ4n) is 3.00. The average Bonchev–Trinajstić information content (AvgIpc) is 2.73. The predicted molar refractivity (Wildman–Crippen MR) is 76.5 cm³/mol. The van der Waals surface area contributed by atoms with E-state index >= 15 is 0 Å². The number of hydrogen-bond acceptors (Lipinski definition) is 4. The molecule has 4 heteroatoms. The van der Waals surface area contributed by atoms with E-state index in [4.69, 9.17) is 0 Å². The molecule has 0 saturated carbocycles. The van der Waals surface area contributed by atoms with Crippen LogP contribution in [0.25, 0.3) is 0 Å². The van der Waals surface area contributed by atoms with Crippen molar-refractivity contribution in [2.24, 2.45) is 0 Å². The molecule has 0 saturated heterocycles. The molecule has 1 aromatic heterocycles. The Hall–Kier alpha value is -1.00. The van der Waals surface area contributed by atoms with Gasteiger partial charge >= 0.3 is 0 Å². The van der Waals surface area contributed by atoms with Crippen LogP contribution in [0.15, 0.2) is 22.3 Å². The van der Waals surface area contributed by atoms with Crippen molar-refractivity contribution in [3.8, 4) is 0 Å². The zero-order chi connectivity index (χ0) is 13.2. The van der Waals surface area contributed by atoms with E-state index in [0.29, 0.717) is 0 Å². The molecular formula is C14H14O2S2. The van der Waals surface area contributed by atoms with Crippen molar-refractivity contribution < 1.29 is 9.90 Å². The summed E-state index contributed by atoms with van der Waals surface area (Å²) >= 11 is 3.37. The van der Waals surface area contributed by atoms with Gasteiger partial charge in [0.1, 0.15) is 0 Å². The number of ketones is 1. The Morgan fingerprint density at radius 1 is 1.22 bits per heavy atom. The molecule has 0 radical (unpaired) electrons. The molecule has 2 aliphatic rings. The highest BCUT2D eigenvalue weighted by molar-refractivity contribution is 8.04. The number of aliphatic hydroxyl groups is 1. The molecule has 0 spiro atoms. The lowest BCUT2D eigenvalue weighted by Gasteiger charge is -2.31. The zero-order valence-corrected chi connectivity index (χ0v) is 12.4. The number of Topliss-reactive ketones (excluding diaryl/α,β-unsaturated/α-hetero) is 1. The van der Waals surface area contributed by atoms with Crippen LogP contribution in [0, 0.1) is 13.8 Å². The van der Waals surface area contributed by atoms with Crippen LogP contribution in [0.5, 0.6) is 0 Å². The van der Waals surface area contributed by atoms with Gasteiger partial charge in [0.25, 0.3) is 0 Å². The Morgan fingerprint density at radius 2 is 1.89 bits per heavy atom. The molecule has 18 heavy (non-hydrogen) atoms. The minimum absolute atomic E-state index is 0.0738. The van der Waals surface area contributed by atoms with Gasteiger partial charge < -0.3 is 5.11 Å². The third kappa shape index (κ3) is 1.28. The van der Waals surface area contributed by atoms with Gasteiger partial charge in [-0.25, -0.2) is 0 Å². The molecule has 1 aromatic rings. The molecule has 94 valence electrons. The van der Waals surface area contributed by atoms with E-state index in [0.717, 1.165) is 26.5 Å². The number of aliphatic hydroxyl groups excluding tert-OH is 1. The second kappa shape index (κ2) is 3.52. The molecule has 0 aromatic carbocycles. The van der Waals surface area contributed by atoms with Crippen LogP contribution >= 0.6 is 23.1 Å². The van der Waals surface area contributed by atoms with E-state index in [-0.39, 0.29) is 16.3 Å². The number of aryl methyl sites for hydroxylation is 2. The lowest BCUT2D eigenvalue weighted by molar-refractivity contribution is 0.0968.